The number of nitrogens with two attached hydrogens (primary N) is 1. The van der Waals surface area contributed by atoms with Crippen LogP contribution in [-0.2, 0) is 4.79 Å². The zero-order chi connectivity index (χ0) is 14.5. The van der Waals surface area contributed by atoms with E-state index >= 15 is 0 Å². The van der Waals surface area contributed by atoms with Crippen LogP contribution < -0.4 is 11.1 Å². The van der Waals surface area contributed by atoms with Gasteiger partial charge in [-0.2, -0.15) is 0 Å². The van der Waals surface area contributed by atoms with Crippen molar-refractivity contribution in [1.29, 1.82) is 0 Å². The number of thiophene rings is 1. The summed E-state index contributed by atoms with van der Waals surface area (Å²) in [5, 5.41) is 5.55. The number of para-hydroxylation sites is 1. The fourth-order valence-electron chi connectivity index (χ4n) is 1.77. The Bertz CT molecular complexity index is 600. The summed E-state index contributed by atoms with van der Waals surface area (Å²) in [5.41, 5.74) is 6.22. The molecule has 0 radical (unpaired) electrons. The Balaban J connectivity index is 2.12. The van der Waals surface area contributed by atoms with Crippen LogP contribution >= 0.6 is 39.0 Å². The van der Waals surface area contributed by atoms with Gasteiger partial charge in [-0.05, 0) is 46.4 Å². The second kappa shape index (κ2) is 7.15. The first-order valence-corrected chi connectivity index (χ1v) is 8.73. The predicted molar refractivity (Wildman–Crippen MR) is 90.4 cm³/mol. The second-order valence-corrected chi connectivity index (χ2v) is 7.07. The van der Waals surface area contributed by atoms with E-state index in [-0.39, 0.29) is 17.7 Å². The smallest absolute Gasteiger partial charge is 0.227 e. The van der Waals surface area contributed by atoms with E-state index in [1.807, 2.05) is 30.3 Å². The van der Waals surface area contributed by atoms with Crippen molar-refractivity contribution in [3.8, 4) is 0 Å². The van der Waals surface area contributed by atoms with Gasteiger partial charge in [0.15, 0.2) is 0 Å². The van der Waals surface area contributed by atoms with Crippen LogP contribution in [0.2, 0.25) is 0 Å². The maximum absolute atomic E-state index is 10.9. The number of thioether (sulfide) groups is 1. The van der Waals surface area contributed by atoms with Gasteiger partial charge in [-0.25, -0.2) is 0 Å². The van der Waals surface area contributed by atoms with Crippen molar-refractivity contribution < 1.29 is 4.79 Å². The van der Waals surface area contributed by atoms with Crippen LogP contribution in [0, 0.1) is 0 Å². The summed E-state index contributed by atoms with van der Waals surface area (Å²) in [7, 11) is 0. The lowest BCUT2D eigenvalue weighted by molar-refractivity contribution is -0.115. The summed E-state index contributed by atoms with van der Waals surface area (Å²) in [4.78, 5) is 13.2. The molecule has 1 aromatic carbocycles. The number of hydrogen-bond acceptors (Lipinski definition) is 4. The number of hydrogen-bond donors (Lipinski definition) is 2. The normalized spacial score (nSPS) is 12.1. The molecule has 0 fully saturated rings. The van der Waals surface area contributed by atoms with Gasteiger partial charge in [-0.15, -0.1) is 23.1 Å². The number of rotatable bonds is 6. The van der Waals surface area contributed by atoms with E-state index in [1.54, 1.807) is 11.3 Å². The number of carbonyl (C=O) groups excluding carboxylic acids is 1. The third kappa shape index (κ3) is 4.01. The topological polar surface area (TPSA) is 55.1 Å². The van der Waals surface area contributed by atoms with Gasteiger partial charge in [0.05, 0.1) is 11.8 Å². The van der Waals surface area contributed by atoms with Gasteiger partial charge in [0, 0.05) is 19.9 Å². The van der Waals surface area contributed by atoms with Crippen LogP contribution in [0.4, 0.5) is 5.69 Å². The first kappa shape index (κ1) is 15.4. The lowest BCUT2D eigenvalue weighted by atomic mass is 10.2. The molecule has 106 valence electrons. The van der Waals surface area contributed by atoms with Crippen LogP contribution in [-0.4, -0.2) is 11.7 Å². The van der Waals surface area contributed by atoms with Crippen molar-refractivity contribution in [2.45, 2.75) is 17.9 Å². The largest absolute Gasteiger partial charge is 0.377 e. The zero-order valence-corrected chi connectivity index (χ0v) is 14.1. The van der Waals surface area contributed by atoms with Crippen molar-refractivity contribution in [2.24, 2.45) is 5.73 Å². The summed E-state index contributed by atoms with van der Waals surface area (Å²) in [6.45, 7) is 2.12. The SMILES string of the molecule is CC(Nc1ccccc1SCC(N)=O)c1sccc1Br. The number of benzene rings is 1. The Morgan fingerprint density at radius 1 is 1.45 bits per heavy atom. The van der Waals surface area contributed by atoms with Gasteiger partial charge >= 0.3 is 0 Å². The predicted octanol–water partition coefficient (Wildman–Crippen LogP) is 4.26. The standard InChI is InChI=1S/C14H15BrN2OS2/c1-9(14-10(15)6-7-19-14)17-11-4-2-3-5-12(11)20-8-13(16)18/h2-7,9,17H,8H2,1H3,(H2,16,18). The molecule has 0 aliphatic rings. The van der Waals surface area contributed by atoms with Crippen LogP contribution in [0.5, 0.6) is 0 Å². The number of anilines is 1. The number of carbonyl (C=O) groups is 1. The maximum Gasteiger partial charge on any atom is 0.227 e. The first-order valence-electron chi connectivity index (χ1n) is 6.07. The van der Waals surface area contributed by atoms with Gasteiger partial charge < -0.3 is 11.1 Å². The molecule has 3 nitrogen and oxygen atoms in total. The molecule has 1 amide bonds. The molecule has 2 rings (SSSR count). The third-order valence-electron chi connectivity index (χ3n) is 2.67. The van der Waals surface area contributed by atoms with Crippen molar-refractivity contribution in [2.75, 3.05) is 11.1 Å². The average Bonchev–Trinajstić information content (AvgIpc) is 2.84. The lowest BCUT2D eigenvalue weighted by Crippen LogP contribution is -2.13. The quantitative estimate of drug-likeness (QED) is 0.746. The van der Waals surface area contributed by atoms with Crippen LogP contribution in [0.15, 0.2) is 45.1 Å². The molecule has 2 aromatic rings. The van der Waals surface area contributed by atoms with Crippen molar-refractivity contribution >= 4 is 50.6 Å². The van der Waals surface area contributed by atoms with Gasteiger partial charge in [-0.1, -0.05) is 12.1 Å². The molecule has 0 aliphatic carbocycles. The highest BCUT2D eigenvalue weighted by Gasteiger charge is 2.12. The van der Waals surface area contributed by atoms with Crippen LogP contribution in [0.25, 0.3) is 0 Å². The molecular weight excluding hydrogens is 356 g/mol. The zero-order valence-electron chi connectivity index (χ0n) is 10.9. The minimum absolute atomic E-state index is 0.194. The van der Waals surface area contributed by atoms with Crippen molar-refractivity contribution in [3.63, 3.8) is 0 Å². The number of nitrogens with one attached hydrogen (secondary N) is 1. The molecule has 1 heterocycles. The molecule has 6 heteroatoms. The Kier molecular flexibility index (Phi) is 5.51. The monoisotopic (exact) mass is 370 g/mol. The molecule has 1 unspecified atom stereocenters. The van der Waals surface area contributed by atoms with Gasteiger partial charge in [-0.3, -0.25) is 4.79 Å². The molecule has 0 saturated heterocycles. The maximum atomic E-state index is 10.9. The van der Waals surface area contributed by atoms with Crippen LogP contribution in [0.1, 0.15) is 17.8 Å². The molecule has 20 heavy (non-hydrogen) atoms. The Labute approximate surface area is 135 Å². The fourth-order valence-corrected chi connectivity index (χ4v) is 4.25. The summed E-state index contributed by atoms with van der Waals surface area (Å²) in [6.07, 6.45) is 0. The highest BCUT2D eigenvalue weighted by atomic mass is 79.9. The highest BCUT2D eigenvalue weighted by molar-refractivity contribution is 9.10. The molecule has 0 saturated carbocycles. The third-order valence-corrected chi connectivity index (χ3v) is 5.82. The Hall–Kier alpha value is -0.980. The van der Waals surface area contributed by atoms with E-state index in [1.165, 1.54) is 16.6 Å². The average molecular weight is 371 g/mol. The molecule has 1 atom stereocenters. The van der Waals surface area contributed by atoms with Crippen molar-refractivity contribution in [3.05, 3.63) is 45.1 Å². The Morgan fingerprint density at radius 2 is 2.20 bits per heavy atom. The molecule has 3 N–H and O–H groups in total. The minimum Gasteiger partial charge on any atom is -0.377 e. The van der Waals surface area contributed by atoms with Gasteiger partial charge in [0.1, 0.15) is 0 Å². The van der Waals surface area contributed by atoms with E-state index < -0.39 is 0 Å². The fraction of sp³-hybridized carbons (Fsp3) is 0.214. The van der Waals surface area contributed by atoms with E-state index in [0.717, 1.165) is 15.1 Å². The van der Waals surface area contributed by atoms with E-state index in [0.29, 0.717) is 0 Å². The van der Waals surface area contributed by atoms with E-state index in [4.69, 9.17) is 5.73 Å². The number of primary amides is 1. The molecule has 0 aliphatic heterocycles. The van der Waals surface area contributed by atoms with Crippen LogP contribution in [0.3, 0.4) is 0 Å². The molecule has 1 aromatic heterocycles. The van der Waals surface area contributed by atoms with Gasteiger partial charge in [0.2, 0.25) is 5.91 Å². The highest BCUT2D eigenvalue weighted by Crippen LogP contribution is 2.34. The summed E-state index contributed by atoms with van der Waals surface area (Å²) in [6, 6.07) is 10.2. The number of halogens is 1. The lowest BCUT2D eigenvalue weighted by Gasteiger charge is -2.17. The second-order valence-electron chi connectivity index (χ2n) is 4.25. The Morgan fingerprint density at radius 3 is 2.85 bits per heavy atom. The summed E-state index contributed by atoms with van der Waals surface area (Å²) >= 11 is 6.72. The molecule has 0 bridgehead atoms. The molecule has 0 spiro atoms. The summed E-state index contributed by atoms with van der Waals surface area (Å²) in [5.74, 6) is -0.0191. The summed E-state index contributed by atoms with van der Waals surface area (Å²) < 4.78 is 1.12. The minimum atomic E-state index is -0.307. The van der Waals surface area contributed by atoms with E-state index in [9.17, 15) is 4.79 Å². The molecular formula is C14H15BrN2OS2. The number of amides is 1. The van der Waals surface area contributed by atoms with Crippen molar-refractivity contribution in [1.82, 2.24) is 0 Å². The van der Waals surface area contributed by atoms with E-state index in [2.05, 4.69) is 33.6 Å². The van der Waals surface area contributed by atoms with Gasteiger partial charge in [0.25, 0.3) is 0 Å². The first-order chi connectivity index (χ1) is 9.58.